The summed E-state index contributed by atoms with van der Waals surface area (Å²) in [5.41, 5.74) is 1.81. The SMILES string of the molecule is CCNC(=NCc1cc(C(=O)OC)c(C)o1)NC1CCN(Cc2ccccc2)CC1.I. The minimum absolute atomic E-state index is 0. The van der Waals surface area contributed by atoms with Crippen LogP contribution in [0.5, 0.6) is 0 Å². The number of carbonyl (C=O) groups is 1. The van der Waals surface area contributed by atoms with Gasteiger partial charge in [-0.05, 0) is 38.3 Å². The maximum absolute atomic E-state index is 11.7. The van der Waals surface area contributed by atoms with Gasteiger partial charge in [-0.1, -0.05) is 30.3 Å². The van der Waals surface area contributed by atoms with Gasteiger partial charge in [0, 0.05) is 32.2 Å². The molecule has 7 nitrogen and oxygen atoms in total. The van der Waals surface area contributed by atoms with Crippen molar-refractivity contribution in [3.8, 4) is 0 Å². The number of hydrogen-bond acceptors (Lipinski definition) is 5. The number of esters is 1. The van der Waals surface area contributed by atoms with Crippen LogP contribution in [-0.4, -0.2) is 49.6 Å². The lowest BCUT2D eigenvalue weighted by atomic mass is 10.0. The fraction of sp³-hybridized carbons (Fsp3) is 0.478. The van der Waals surface area contributed by atoms with Crippen molar-refractivity contribution >= 4 is 35.9 Å². The second-order valence-corrected chi connectivity index (χ2v) is 7.55. The Labute approximate surface area is 201 Å². The van der Waals surface area contributed by atoms with E-state index >= 15 is 0 Å². The molecule has 0 amide bonds. The third-order valence-corrected chi connectivity index (χ3v) is 5.29. The summed E-state index contributed by atoms with van der Waals surface area (Å²) in [4.78, 5) is 18.9. The van der Waals surface area contributed by atoms with Crippen molar-refractivity contribution in [3.63, 3.8) is 0 Å². The summed E-state index contributed by atoms with van der Waals surface area (Å²) in [6.45, 7) is 8.07. The fourth-order valence-electron chi connectivity index (χ4n) is 3.68. The number of piperidine rings is 1. The standard InChI is InChI=1S/C23H32N4O3.HI/c1-4-24-23(25-15-20-14-21(17(2)30-20)22(28)29-3)26-19-10-12-27(13-11-19)16-18-8-6-5-7-9-18;/h5-9,14,19H,4,10-13,15-16H2,1-3H3,(H2,24,25,26);1H. The highest BCUT2D eigenvalue weighted by Gasteiger charge is 2.20. The van der Waals surface area contributed by atoms with E-state index in [0.717, 1.165) is 45.0 Å². The molecular weight excluding hydrogens is 507 g/mol. The summed E-state index contributed by atoms with van der Waals surface area (Å²) in [6.07, 6.45) is 2.15. The van der Waals surface area contributed by atoms with E-state index in [9.17, 15) is 4.79 Å². The van der Waals surface area contributed by atoms with Gasteiger partial charge in [-0.2, -0.15) is 0 Å². The van der Waals surface area contributed by atoms with Gasteiger partial charge in [-0.25, -0.2) is 9.79 Å². The van der Waals surface area contributed by atoms with Gasteiger partial charge in [0.15, 0.2) is 5.96 Å². The van der Waals surface area contributed by atoms with Gasteiger partial charge in [-0.3, -0.25) is 4.90 Å². The number of rotatable bonds is 7. The van der Waals surface area contributed by atoms with E-state index < -0.39 is 5.97 Å². The average molecular weight is 540 g/mol. The average Bonchev–Trinajstić information content (AvgIpc) is 3.14. The quantitative estimate of drug-likeness (QED) is 0.241. The maximum Gasteiger partial charge on any atom is 0.341 e. The topological polar surface area (TPSA) is 79.1 Å². The number of aryl methyl sites for hydroxylation is 1. The highest BCUT2D eigenvalue weighted by atomic mass is 127. The molecule has 1 aliphatic rings. The number of halogens is 1. The molecule has 2 aromatic rings. The molecular formula is C23H33IN4O3. The first-order chi connectivity index (χ1) is 14.6. The Morgan fingerprint density at radius 1 is 1.26 bits per heavy atom. The highest BCUT2D eigenvalue weighted by Crippen LogP contribution is 2.17. The molecule has 0 unspecified atom stereocenters. The Morgan fingerprint density at radius 3 is 2.61 bits per heavy atom. The molecule has 0 aliphatic carbocycles. The van der Waals surface area contributed by atoms with Gasteiger partial charge in [-0.15, -0.1) is 24.0 Å². The molecule has 2 N–H and O–H groups in total. The Kier molecular flexibility index (Phi) is 10.3. The molecule has 1 fully saturated rings. The smallest absolute Gasteiger partial charge is 0.341 e. The number of nitrogens with zero attached hydrogens (tertiary/aromatic N) is 2. The number of ether oxygens (including phenoxy) is 1. The summed E-state index contributed by atoms with van der Waals surface area (Å²) < 4.78 is 10.4. The van der Waals surface area contributed by atoms with Crippen molar-refractivity contribution in [2.75, 3.05) is 26.7 Å². The minimum atomic E-state index is -0.390. The molecule has 1 aromatic heterocycles. The Morgan fingerprint density at radius 2 is 1.97 bits per heavy atom. The first-order valence-electron chi connectivity index (χ1n) is 10.6. The second-order valence-electron chi connectivity index (χ2n) is 7.55. The van der Waals surface area contributed by atoms with Crippen LogP contribution < -0.4 is 10.6 Å². The lowest BCUT2D eigenvalue weighted by Gasteiger charge is -2.33. The molecule has 0 saturated carbocycles. The monoisotopic (exact) mass is 540 g/mol. The maximum atomic E-state index is 11.7. The van der Waals surface area contributed by atoms with Gasteiger partial charge in [0.1, 0.15) is 23.6 Å². The predicted octanol–water partition coefficient (Wildman–Crippen LogP) is 3.71. The van der Waals surface area contributed by atoms with Gasteiger partial charge in [0.05, 0.1) is 7.11 Å². The van der Waals surface area contributed by atoms with Gasteiger partial charge >= 0.3 is 5.97 Å². The minimum Gasteiger partial charge on any atom is -0.465 e. The number of hydrogen-bond donors (Lipinski definition) is 2. The van der Waals surface area contributed by atoms with E-state index in [-0.39, 0.29) is 24.0 Å². The molecule has 2 heterocycles. The number of carbonyl (C=O) groups excluding carboxylic acids is 1. The molecule has 31 heavy (non-hydrogen) atoms. The van der Waals surface area contributed by atoms with E-state index in [1.165, 1.54) is 12.7 Å². The van der Waals surface area contributed by atoms with Crippen molar-refractivity contribution in [2.45, 2.75) is 45.8 Å². The van der Waals surface area contributed by atoms with Crippen LogP contribution in [0.2, 0.25) is 0 Å². The molecule has 0 atom stereocenters. The predicted molar refractivity (Wildman–Crippen MR) is 133 cm³/mol. The molecule has 1 aliphatic heterocycles. The van der Waals surface area contributed by atoms with E-state index in [2.05, 4.69) is 50.9 Å². The molecule has 3 rings (SSSR count). The molecule has 1 saturated heterocycles. The van der Waals surface area contributed by atoms with Crippen molar-refractivity contribution in [3.05, 3.63) is 59.0 Å². The second kappa shape index (κ2) is 12.7. The summed E-state index contributed by atoms with van der Waals surface area (Å²) >= 11 is 0. The number of aliphatic imine (C=N–C) groups is 1. The van der Waals surface area contributed by atoms with Crippen molar-refractivity contribution in [1.29, 1.82) is 0 Å². The van der Waals surface area contributed by atoms with Crippen LogP contribution in [0.25, 0.3) is 0 Å². The van der Waals surface area contributed by atoms with Gasteiger partial charge in [0.2, 0.25) is 0 Å². The van der Waals surface area contributed by atoms with Crippen LogP contribution in [0.4, 0.5) is 0 Å². The molecule has 0 spiro atoms. The molecule has 8 heteroatoms. The molecule has 0 radical (unpaired) electrons. The van der Waals surface area contributed by atoms with Crippen molar-refractivity contribution in [1.82, 2.24) is 15.5 Å². The highest BCUT2D eigenvalue weighted by molar-refractivity contribution is 14.0. The number of furan rings is 1. The van der Waals surface area contributed by atoms with E-state index in [1.54, 1.807) is 13.0 Å². The summed E-state index contributed by atoms with van der Waals surface area (Å²) in [5, 5.41) is 6.84. The fourth-order valence-corrected chi connectivity index (χ4v) is 3.68. The Bertz CT molecular complexity index is 846. The summed E-state index contributed by atoms with van der Waals surface area (Å²) in [5.74, 6) is 1.57. The molecule has 0 bridgehead atoms. The number of guanidine groups is 1. The Balaban J connectivity index is 0.00000341. The zero-order chi connectivity index (χ0) is 21.3. The van der Waals surface area contributed by atoms with Crippen LogP contribution in [-0.2, 0) is 17.8 Å². The third-order valence-electron chi connectivity index (χ3n) is 5.29. The van der Waals surface area contributed by atoms with Crippen LogP contribution in [0.15, 0.2) is 45.8 Å². The van der Waals surface area contributed by atoms with Crippen molar-refractivity contribution in [2.24, 2.45) is 4.99 Å². The van der Waals surface area contributed by atoms with Crippen LogP contribution >= 0.6 is 24.0 Å². The van der Waals surface area contributed by atoms with E-state index in [1.807, 2.05) is 6.92 Å². The van der Waals surface area contributed by atoms with E-state index in [0.29, 0.717) is 29.7 Å². The molecule has 1 aromatic carbocycles. The largest absolute Gasteiger partial charge is 0.465 e. The first kappa shape index (κ1) is 25.2. The lowest BCUT2D eigenvalue weighted by molar-refractivity contribution is 0.0599. The van der Waals surface area contributed by atoms with Crippen LogP contribution in [0.3, 0.4) is 0 Å². The number of benzene rings is 1. The lowest BCUT2D eigenvalue weighted by Crippen LogP contribution is -2.48. The first-order valence-corrected chi connectivity index (χ1v) is 10.6. The van der Waals surface area contributed by atoms with Gasteiger partial charge in [0.25, 0.3) is 0 Å². The number of methoxy groups -OCH3 is 1. The zero-order valence-electron chi connectivity index (χ0n) is 18.5. The normalized spacial score (nSPS) is 15.3. The zero-order valence-corrected chi connectivity index (χ0v) is 20.8. The molecule has 170 valence electrons. The number of nitrogens with one attached hydrogen (secondary N) is 2. The van der Waals surface area contributed by atoms with Crippen molar-refractivity contribution < 1.29 is 13.9 Å². The Hall–Kier alpha value is -2.07. The van der Waals surface area contributed by atoms with Crippen LogP contribution in [0, 0.1) is 6.92 Å². The summed E-state index contributed by atoms with van der Waals surface area (Å²) in [7, 11) is 1.37. The van der Waals surface area contributed by atoms with Gasteiger partial charge < -0.3 is 19.8 Å². The summed E-state index contributed by atoms with van der Waals surface area (Å²) in [6, 6.07) is 12.7. The number of likely N-dealkylation sites (tertiary alicyclic amines) is 1. The van der Waals surface area contributed by atoms with E-state index in [4.69, 9.17) is 9.15 Å². The van der Waals surface area contributed by atoms with Crippen LogP contribution in [0.1, 0.15) is 47.2 Å². The third kappa shape index (κ3) is 7.53.